The largest absolute Gasteiger partial charge is 0.367 e. The summed E-state index contributed by atoms with van der Waals surface area (Å²) in [5.74, 6) is 0. The molecule has 2 rings (SSSR count). The van der Waals surface area contributed by atoms with Crippen molar-refractivity contribution in [2.24, 2.45) is 0 Å². The Balaban J connectivity index is 1.40. The Hall–Kier alpha value is -0.0800. The van der Waals surface area contributed by atoms with E-state index in [0.717, 1.165) is 0 Å². The predicted octanol–water partition coefficient (Wildman–Crippen LogP) is 5.24. The molecule has 0 aliphatic carbocycles. The molecule has 0 saturated carbocycles. The van der Waals surface area contributed by atoms with Crippen LogP contribution in [0.2, 0.25) is 0 Å². The summed E-state index contributed by atoms with van der Waals surface area (Å²) in [5, 5.41) is 0. The van der Waals surface area contributed by atoms with Gasteiger partial charge in [-0.1, -0.05) is 78.1 Å². The highest BCUT2D eigenvalue weighted by molar-refractivity contribution is 5.02. The first kappa shape index (κ1) is 16.3. The standard InChI is InChI=1S/C18H34O2/c1-3-5-7-9-10-12-14-16-18(20-16)17-15(19-17)13-11-8-6-4-2/h15-18H,3-14H2,1-2H3. The molecule has 2 saturated heterocycles. The zero-order valence-electron chi connectivity index (χ0n) is 13.6. The minimum absolute atomic E-state index is 0.460. The van der Waals surface area contributed by atoms with Gasteiger partial charge in [-0.25, -0.2) is 0 Å². The molecule has 118 valence electrons. The molecule has 0 spiro atoms. The van der Waals surface area contributed by atoms with Crippen LogP contribution in [0.25, 0.3) is 0 Å². The Kier molecular flexibility index (Phi) is 7.37. The lowest BCUT2D eigenvalue weighted by atomic mass is 10.0. The predicted molar refractivity (Wildman–Crippen MR) is 84.1 cm³/mol. The van der Waals surface area contributed by atoms with Crippen molar-refractivity contribution >= 4 is 0 Å². The average molecular weight is 282 g/mol. The molecule has 2 fully saturated rings. The molecule has 4 atom stereocenters. The normalized spacial score (nSPS) is 31.5. The molecule has 0 aromatic carbocycles. The molecule has 4 unspecified atom stereocenters. The topological polar surface area (TPSA) is 25.1 Å². The quantitative estimate of drug-likeness (QED) is 0.341. The zero-order chi connectivity index (χ0) is 14.2. The monoisotopic (exact) mass is 282 g/mol. The molecule has 2 nitrogen and oxygen atoms in total. The Bertz CT molecular complexity index is 254. The fourth-order valence-corrected chi connectivity index (χ4v) is 3.25. The number of epoxide rings is 2. The van der Waals surface area contributed by atoms with E-state index in [4.69, 9.17) is 9.47 Å². The van der Waals surface area contributed by atoms with Crippen molar-refractivity contribution in [2.75, 3.05) is 0 Å². The summed E-state index contributed by atoms with van der Waals surface area (Å²) in [5.41, 5.74) is 0. The maximum atomic E-state index is 5.80. The van der Waals surface area contributed by atoms with Crippen molar-refractivity contribution in [1.29, 1.82) is 0 Å². The van der Waals surface area contributed by atoms with E-state index in [-0.39, 0.29) is 0 Å². The number of rotatable bonds is 13. The first-order valence-electron chi connectivity index (χ1n) is 9.17. The van der Waals surface area contributed by atoms with E-state index in [2.05, 4.69) is 13.8 Å². The Labute approximate surface area is 125 Å². The maximum absolute atomic E-state index is 5.80. The maximum Gasteiger partial charge on any atom is 0.113 e. The molecule has 0 radical (unpaired) electrons. The molecular formula is C18H34O2. The molecule has 0 aromatic rings. The van der Waals surface area contributed by atoms with E-state index in [1.165, 1.54) is 77.0 Å². The van der Waals surface area contributed by atoms with Crippen LogP contribution in [-0.2, 0) is 9.47 Å². The van der Waals surface area contributed by atoms with Gasteiger partial charge in [0.1, 0.15) is 12.2 Å². The summed E-state index contributed by atoms with van der Waals surface area (Å²) in [7, 11) is 0. The second-order valence-corrected chi connectivity index (χ2v) is 6.68. The van der Waals surface area contributed by atoms with Crippen LogP contribution in [0, 0.1) is 0 Å². The molecule has 2 aliphatic heterocycles. The highest BCUT2D eigenvalue weighted by Gasteiger charge is 2.56. The molecule has 0 bridgehead atoms. The average Bonchev–Trinajstić information content (AvgIpc) is 3.33. The summed E-state index contributed by atoms with van der Waals surface area (Å²) < 4.78 is 11.6. The van der Waals surface area contributed by atoms with Gasteiger partial charge in [-0.15, -0.1) is 0 Å². The minimum Gasteiger partial charge on any atom is -0.367 e. The molecule has 0 amide bonds. The van der Waals surface area contributed by atoms with Gasteiger partial charge in [0.15, 0.2) is 0 Å². The Morgan fingerprint density at radius 3 is 1.45 bits per heavy atom. The van der Waals surface area contributed by atoms with E-state index in [9.17, 15) is 0 Å². The fraction of sp³-hybridized carbons (Fsp3) is 1.00. The first-order chi connectivity index (χ1) is 9.86. The van der Waals surface area contributed by atoms with Crippen molar-refractivity contribution in [3.8, 4) is 0 Å². The van der Waals surface area contributed by atoms with Gasteiger partial charge in [0.05, 0.1) is 12.2 Å². The van der Waals surface area contributed by atoms with Gasteiger partial charge in [-0.3, -0.25) is 0 Å². The van der Waals surface area contributed by atoms with Gasteiger partial charge in [-0.2, -0.15) is 0 Å². The Morgan fingerprint density at radius 2 is 0.950 bits per heavy atom. The summed E-state index contributed by atoms with van der Waals surface area (Å²) >= 11 is 0. The number of unbranched alkanes of at least 4 members (excludes halogenated alkanes) is 8. The number of ether oxygens (including phenoxy) is 2. The third-order valence-corrected chi connectivity index (χ3v) is 4.75. The molecule has 2 heteroatoms. The molecule has 2 heterocycles. The van der Waals surface area contributed by atoms with Crippen LogP contribution in [0.4, 0.5) is 0 Å². The van der Waals surface area contributed by atoms with Crippen LogP contribution in [0.3, 0.4) is 0 Å². The van der Waals surface area contributed by atoms with Crippen LogP contribution in [-0.4, -0.2) is 24.4 Å². The van der Waals surface area contributed by atoms with E-state index in [1.807, 2.05) is 0 Å². The lowest BCUT2D eigenvalue weighted by Crippen LogP contribution is -2.06. The van der Waals surface area contributed by atoms with Crippen LogP contribution >= 0.6 is 0 Å². The van der Waals surface area contributed by atoms with Gasteiger partial charge >= 0.3 is 0 Å². The van der Waals surface area contributed by atoms with E-state index < -0.39 is 0 Å². The van der Waals surface area contributed by atoms with E-state index in [0.29, 0.717) is 24.4 Å². The van der Waals surface area contributed by atoms with Crippen LogP contribution in [0.1, 0.15) is 90.9 Å². The molecule has 0 aromatic heterocycles. The lowest BCUT2D eigenvalue weighted by molar-refractivity contribution is 0.303. The van der Waals surface area contributed by atoms with Crippen molar-refractivity contribution in [1.82, 2.24) is 0 Å². The van der Waals surface area contributed by atoms with Crippen molar-refractivity contribution in [3.05, 3.63) is 0 Å². The highest BCUT2D eigenvalue weighted by atomic mass is 16.7. The zero-order valence-corrected chi connectivity index (χ0v) is 13.6. The lowest BCUT2D eigenvalue weighted by Gasteiger charge is -1.98. The van der Waals surface area contributed by atoms with Crippen LogP contribution < -0.4 is 0 Å². The van der Waals surface area contributed by atoms with Gasteiger partial charge in [0.25, 0.3) is 0 Å². The van der Waals surface area contributed by atoms with E-state index in [1.54, 1.807) is 0 Å². The second kappa shape index (κ2) is 9.04. The first-order valence-corrected chi connectivity index (χ1v) is 9.17. The molecular weight excluding hydrogens is 248 g/mol. The van der Waals surface area contributed by atoms with Crippen molar-refractivity contribution in [2.45, 2.75) is 115 Å². The molecule has 2 aliphatic rings. The molecule has 0 N–H and O–H groups in total. The van der Waals surface area contributed by atoms with Gasteiger partial charge < -0.3 is 9.47 Å². The highest BCUT2D eigenvalue weighted by Crippen LogP contribution is 2.42. The van der Waals surface area contributed by atoms with Crippen molar-refractivity contribution in [3.63, 3.8) is 0 Å². The van der Waals surface area contributed by atoms with Gasteiger partial charge in [0.2, 0.25) is 0 Å². The number of hydrogen-bond donors (Lipinski definition) is 0. The summed E-state index contributed by atoms with van der Waals surface area (Å²) in [6.07, 6.45) is 18.2. The molecule has 20 heavy (non-hydrogen) atoms. The third kappa shape index (κ3) is 5.73. The van der Waals surface area contributed by atoms with Gasteiger partial charge in [-0.05, 0) is 12.8 Å². The van der Waals surface area contributed by atoms with Crippen LogP contribution in [0.15, 0.2) is 0 Å². The summed E-state index contributed by atoms with van der Waals surface area (Å²) in [4.78, 5) is 0. The van der Waals surface area contributed by atoms with Crippen molar-refractivity contribution < 1.29 is 9.47 Å². The van der Waals surface area contributed by atoms with Gasteiger partial charge in [0, 0.05) is 0 Å². The smallest absolute Gasteiger partial charge is 0.113 e. The summed E-state index contributed by atoms with van der Waals surface area (Å²) in [6.45, 7) is 4.54. The van der Waals surface area contributed by atoms with Crippen LogP contribution in [0.5, 0.6) is 0 Å². The minimum atomic E-state index is 0.460. The fourth-order valence-electron chi connectivity index (χ4n) is 3.25. The second-order valence-electron chi connectivity index (χ2n) is 6.68. The SMILES string of the molecule is CCCCCCCCC1OC1C1OC1CCCCCC. The van der Waals surface area contributed by atoms with E-state index >= 15 is 0 Å². The number of hydrogen-bond acceptors (Lipinski definition) is 2. The summed E-state index contributed by atoms with van der Waals surface area (Å²) in [6, 6.07) is 0. The third-order valence-electron chi connectivity index (χ3n) is 4.75. The Morgan fingerprint density at radius 1 is 0.550 bits per heavy atom.